The first-order valence-corrected chi connectivity index (χ1v) is 13.8. The molecule has 7 nitrogen and oxygen atoms in total. The molecule has 0 aliphatic heterocycles. The highest BCUT2D eigenvalue weighted by molar-refractivity contribution is 9.10. The van der Waals surface area contributed by atoms with Crippen molar-refractivity contribution in [2.45, 2.75) is 6.61 Å². The number of aromatic nitrogens is 2. The largest absolute Gasteiger partial charge is 0.486 e. The number of hydrogen-bond donors (Lipinski definition) is 0. The van der Waals surface area contributed by atoms with Crippen molar-refractivity contribution in [2.75, 3.05) is 0 Å². The summed E-state index contributed by atoms with van der Waals surface area (Å²) in [5.74, 6) is 1.02. The van der Waals surface area contributed by atoms with E-state index in [9.17, 15) is 10.1 Å². The van der Waals surface area contributed by atoms with Gasteiger partial charge in [-0.3, -0.25) is 4.79 Å². The van der Waals surface area contributed by atoms with Gasteiger partial charge in [-0.1, -0.05) is 53.5 Å². The van der Waals surface area contributed by atoms with Crippen molar-refractivity contribution in [3.8, 4) is 23.4 Å². The Morgan fingerprint density at radius 2 is 1.85 bits per heavy atom. The SMILES string of the molecule is N#Cc1ccccc1COc1c(Cl)cc(C=Nn2c(-c3cc4cc(Cl)ccc4o3)nc3ccccc3c2=O)cc1Br. The smallest absolute Gasteiger partial charge is 0.282 e. The molecule has 200 valence electrons. The van der Waals surface area contributed by atoms with Gasteiger partial charge in [-0.25, -0.2) is 4.98 Å². The first-order chi connectivity index (χ1) is 19.9. The molecule has 0 aliphatic carbocycles. The van der Waals surface area contributed by atoms with Crippen LogP contribution in [0.1, 0.15) is 16.7 Å². The van der Waals surface area contributed by atoms with Gasteiger partial charge in [0.2, 0.25) is 5.82 Å². The number of para-hydroxylation sites is 1. The molecular weight excluding hydrogens is 627 g/mol. The zero-order chi connectivity index (χ0) is 28.5. The molecule has 0 aliphatic rings. The second-order valence-electron chi connectivity index (χ2n) is 8.98. The summed E-state index contributed by atoms with van der Waals surface area (Å²) in [6, 6.07) is 26.9. The van der Waals surface area contributed by atoms with Crippen molar-refractivity contribution in [1.82, 2.24) is 9.66 Å². The second kappa shape index (κ2) is 11.2. The molecule has 0 saturated heterocycles. The molecule has 0 radical (unpaired) electrons. The number of nitrogens with zero attached hydrogens (tertiary/aromatic N) is 4. The molecule has 0 saturated carbocycles. The quantitative estimate of drug-likeness (QED) is 0.171. The highest BCUT2D eigenvalue weighted by Gasteiger charge is 2.17. The number of hydrogen-bond acceptors (Lipinski definition) is 6. The fraction of sp³-hybridized carbons (Fsp3) is 0.0323. The molecule has 0 atom stereocenters. The van der Waals surface area contributed by atoms with Crippen LogP contribution in [0.3, 0.4) is 0 Å². The fourth-order valence-electron chi connectivity index (χ4n) is 4.34. The number of nitriles is 1. The van der Waals surface area contributed by atoms with E-state index in [4.69, 9.17) is 37.3 Å². The van der Waals surface area contributed by atoms with Gasteiger partial charge in [-0.05, 0) is 76.1 Å². The van der Waals surface area contributed by atoms with E-state index in [0.29, 0.717) is 53.6 Å². The second-order valence-corrected chi connectivity index (χ2v) is 10.7. The summed E-state index contributed by atoms with van der Waals surface area (Å²) >= 11 is 16.2. The molecule has 0 bridgehead atoms. The highest BCUT2D eigenvalue weighted by atomic mass is 79.9. The lowest BCUT2D eigenvalue weighted by Crippen LogP contribution is -2.20. The third kappa shape index (κ3) is 5.35. The van der Waals surface area contributed by atoms with Crippen LogP contribution < -0.4 is 10.3 Å². The third-order valence-electron chi connectivity index (χ3n) is 6.31. The predicted octanol–water partition coefficient (Wildman–Crippen LogP) is 8.21. The predicted molar refractivity (Wildman–Crippen MR) is 164 cm³/mol. The van der Waals surface area contributed by atoms with Crippen LogP contribution >= 0.6 is 39.1 Å². The average Bonchev–Trinajstić information content (AvgIpc) is 3.39. The van der Waals surface area contributed by atoms with Crippen molar-refractivity contribution >= 4 is 67.2 Å². The molecule has 6 rings (SSSR count). The number of halogens is 3. The maximum absolute atomic E-state index is 13.5. The van der Waals surface area contributed by atoms with E-state index < -0.39 is 0 Å². The minimum Gasteiger partial charge on any atom is -0.486 e. The summed E-state index contributed by atoms with van der Waals surface area (Å²) in [7, 11) is 0. The molecule has 6 aromatic rings. The molecular formula is C31H17BrCl2N4O3. The van der Waals surface area contributed by atoms with Crippen LogP contribution in [0.2, 0.25) is 10.0 Å². The molecule has 2 heterocycles. The summed E-state index contributed by atoms with van der Waals surface area (Å²) in [6.07, 6.45) is 1.51. The van der Waals surface area contributed by atoms with Crippen molar-refractivity contribution in [1.29, 1.82) is 5.26 Å². The molecule has 0 spiro atoms. The first kappa shape index (κ1) is 26.8. The molecule has 41 heavy (non-hydrogen) atoms. The van der Waals surface area contributed by atoms with Gasteiger partial charge in [-0.15, -0.1) is 0 Å². The monoisotopic (exact) mass is 642 g/mol. The van der Waals surface area contributed by atoms with Crippen LogP contribution in [-0.2, 0) is 6.61 Å². The van der Waals surface area contributed by atoms with Crippen molar-refractivity contribution in [3.05, 3.63) is 126 Å². The Labute approximate surface area is 252 Å². The van der Waals surface area contributed by atoms with Crippen LogP contribution in [-0.4, -0.2) is 15.9 Å². The Hall–Kier alpha value is -4.42. The minimum absolute atomic E-state index is 0.166. The van der Waals surface area contributed by atoms with Gasteiger partial charge >= 0.3 is 0 Å². The van der Waals surface area contributed by atoms with Crippen LogP contribution in [0, 0.1) is 11.3 Å². The maximum atomic E-state index is 13.5. The van der Waals surface area contributed by atoms with Gasteiger partial charge in [0.05, 0.1) is 38.2 Å². The van der Waals surface area contributed by atoms with Crippen molar-refractivity contribution in [2.24, 2.45) is 5.10 Å². The normalized spacial score (nSPS) is 11.4. The number of benzene rings is 4. The number of rotatable bonds is 6. The van der Waals surface area contributed by atoms with Crippen molar-refractivity contribution in [3.63, 3.8) is 0 Å². The van der Waals surface area contributed by atoms with Gasteiger partial charge in [0.25, 0.3) is 5.56 Å². The summed E-state index contributed by atoms with van der Waals surface area (Å²) in [6.45, 7) is 0.166. The lowest BCUT2D eigenvalue weighted by molar-refractivity contribution is 0.304. The maximum Gasteiger partial charge on any atom is 0.282 e. The van der Waals surface area contributed by atoms with Crippen molar-refractivity contribution < 1.29 is 9.15 Å². The van der Waals surface area contributed by atoms with Gasteiger partial charge in [-0.2, -0.15) is 15.0 Å². The van der Waals surface area contributed by atoms with Gasteiger partial charge in [0, 0.05) is 16.0 Å². The van der Waals surface area contributed by atoms with Crippen LogP contribution in [0.4, 0.5) is 0 Å². The van der Waals surface area contributed by atoms with E-state index in [1.165, 1.54) is 10.9 Å². The molecule has 0 N–H and O–H groups in total. The lowest BCUT2D eigenvalue weighted by atomic mass is 10.1. The van der Waals surface area contributed by atoms with E-state index in [-0.39, 0.29) is 18.0 Å². The van der Waals surface area contributed by atoms with E-state index in [2.05, 4.69) is 27.1 Å². The molecule has 10 heteroatoms. The lowest BCUT2D eigenvalue weighted by Gasteiger charge is -2.12. The summed E-state index contributed by atoms with van der Waals surface area (Å²) < 4.78 is 13.7. The van der Waals surface area contributed by atoms with Gasteiger partial charge in [0.1, 0.15) is 12.2 Å². The average molecular weight is 644 g/mol. The Morgan fingerprint density at radius 1 is 1.05 bits per heavy atom. The van der Waals surface area contributed by atoms with Crippen LogP contribution in [0.15, 0.2) is 104 Å². The number of furan rings is 1. The van der Waals surface area contributed by atoms with Crippen LogP contribution in [0.25, 0.3) is 33.5 Å². The molecule has 4 aromatic carbocycles. The summed E-state index contributed by atoms with van der Waals surface area (Å²) in [5.41, 5.74) is 2.64. The molecule has 0 fully saturated rings. The van der Waals surface area contributed by atoms with E-state index in [1.807, 2.05) is 18.2 Å². The topological polar surface area (TPSA) is 93.4 Å². The molecule has 2 aromatic heterocycles. The standard InChI is InChI=1S/C31H17BrCl2N4O3/c32-24-11-18(12-25(34)29(24)40-17-20-6-2-1-5-19(20)15-35)16-36-38-30(37-26-8-4-3-7-23(26)31(38)39)28-14-21-13-22(33)9-10-27(21)41-28/h1-14,16H,17H2. The number of ether oxygens (including phenoxy) is 1. The zero-order valence-electron chi connectivity index (χ0n) is 21.0. The van der Waals surface area contributed by atoms with E-state index >= 15 is 0 Å². The van der Waals surface area contributed by atoms with Crippen LogP contribution in [0.5, 0.6) is 5.75 Å². The first-order valence-electron chi connectivity index (χ1n) is 12.3. The zero-order valence-corrected chi connectivity index (χ0v) is 24.1. The summed E-state index contributed by atoms with van der Waals surface area (Å²) in [5, 5.41) is 15.9. The summed E-state index contributed by atoms with van der Waals surface area (Å²) in [4.78, 5) is 18.2. The Bertz CT molecular complexity index is 2070. The van der Waals surface area contributed by atoms with Gasteiger partial charge < -0.3 is 9.15 Å². The number of fused-ring (bicyclic) bond motifs is 2. The Morgan fingerprint density at radius 3 is 2.68 bits per heavy atom. The third-order valence-corrected chi connectivity index (χ3v) is 7.41. The molecule has 0 unspecified atom stereocenters. The molecule has 0 amide bonds. The fourth-order valence-corrected chi connectivity index (χ4v) is 5.51. The van der Waals surface area contributed by atoms with Gasteiger partial charge in [0.15, 0.2) is 11.5 Å². The minimum atomic E-state index is -0.360. The highest BCUT2D eigenvalue weighted by Crippen LogP contribution is 2.35. The van der Waals surface area contributed by atoms with E-state index in [1.54, 1.807) is 66.7 Å². The Balaban J connectivity index is 1.38. The Kier molecular flexibility index (Phi) is 7.33. The van der Waals surface area contributed by atoms with E-state index in [0.717, 1.165) is 10.9 Å².